The number of aliphatic imine (C=N–C) groups is 1. The Bertz CT molecular complexity index is 2640. The van der Waals surface area contributed by atoms with Gasteiger partial charge in [0.1, 0.15) is 17.1 Å². The number of aliphatic hydroxyl groups excluding tert-OH is 1. The van der Waals surface area contributed by atoms with E-state index >= 15 is 4.79 Å². The Labute approximate surface area is 355 Å². The number of nitrogens with zero attached hydrogens (tertiary/aromatic N) is 3. The summed E-state index contributed by atoms with van der Waals surface area (Å²) in [6.07, 6.45) is 10.8. The number of aliphatic hydroxyl groups is 1. The van der Waals surface area contributed by atoms with Crippen LogP contribution in [0.15, 0.2) is 70.3 Å². The number of aromatic nitrogens is 2. The molecule has 3 aromatic rings. The fourth-order valence-electron chi connectivity index (χ4n) is 11.9. The third kappa shape index (κ3) is 5.53. The monoisotopic (exact) mass is 826 g/mol. The third-order valence-corrected chi connectivity index (χ3v) is 14.3. The van der Waals surface area contributed by atoms with Crippen LogP contribution in [-0.4, -0.2) is 73.6 Å². The van der Waals surface area contributed by atoms with Crippen LogP contribution in [-0.2, 0) is 25.5 Å². The molecule has 5 aliphatic heterocycles. The molecule has 8 aliphatic rings. The molecule has 1 amide bonds. The van der Waals surface area contributed by atoms with Crippen LogP contribution in [0.1, 0.15) is 110 Å². The van der Waals surface area contributed by atoms with Gasteiger partial charge in [-0.25, -0.2) is 9.98 Å². The summed E-state index contributed by atoms with van der Waals surface area (Å²) >= 11 is 0. The third-order valence-electron chi connectivity index (χ3n) is 14.3. The minimum absolute atomic E-state index is 0.0753. The van der Waals surface area contributed by atoms with Crippen molar-refractivity contribution < 1.29 is 38.4 Å². The van der Waals surface area contributed by atoms with E-state index in [1.807, 2.05) is 38.1 Å². The van der Waals surface area contributed by atoms with Crippen molar-refractivity contribution in [3.63, 3.8) is 0 Å². The number of carbonyl (C=O) groups is 3. The molecule has 7 atom stereocenters. The lowest BCUT2D eigenvalue weighted by molar-refractivity contribution is -0.206. The predicted octanol–water partition coefficient (Wildman–Crippen LogP) is 7.77. The maximum atomic E-state index is 15.8. The average Bonchev–Trinajstić information content (AvgIpc) is 3.64. The Morgan fingerprint density at radius 1 is 0.984 bits per heavy atom. The summed E-state index contributed by atoms with van der Waals surface area (Å²) in [4.78, 5) is 53.4. The largest absolute Gasteiger partial charge is 0.482 e. The molecule has 3 saturated carbocycles. The number of rotatable bonds is 10. The van der Waals surface area contributed by atoms with Crippen LogP contribution in [0.5, 0.6) is 17.2 Å². The molecule has 1 aromatic heterocycles. The van der Waals surface area contributed by atoms with E-state index in [2.05, 4.69) is 62.7 Å². The zero-order valence-corrected chi connectivity index (χ0v) is 36.2. The maximum absolute atomic E-state index is 15.8. The number of para-hydroxylation sites is 2. The topological polar surface area (TPSA) is 151 Å². The van der Waals surface area contributed by atoms with E-state index in [9.17, 15) is 14.7 Å². The van der Waals surface area contributed by atoms with Crippen LogP contribution in [0.2, 0.25) is 0 Å². The molecular formula is C49H54N4O8. The Balaban J connectivity index is 1.28. The van der Waals surface area contributed by atoms with Crippen molar-refractivity contribution in [3.8, 4) is 17.2 Å². The molecule has 1 spiro atoms. The van der Waals surface area contributed by atoms with E-state index in [1.54, 1.807) is 13.0 Å². The van der Waals surface area contributed by atoms with Crippen molar-refractivity contribution in [1.29, 1.82) is 0 Å². The van der Waals surface area contributed by atoms with Crippen molar-refractivity contribution in [1.82, 2.24) is 14.9 Å². The predicted molar refractivity (Wildman–Crippen MR) is 230 cm³/mol. The standard InChI is InChI=1S/C49H54N4O8/c1-25(2)12-11-18-47(8)24-28-22-34(55)58-42-35(28)40(59-47)29(16-15-26(3)4)41-36(42)38-37-39(53-32-14-10-9-13-31(32)51-45(53)52-38)30-23-33-46(6,7)61-48(43(30)56,49(33,37)60-41)19-17-27(5)44(57)50-20-21-54/h9-10,12-15,17,24,30,33,37,39,54H,11,16,18-23H2,1-8H3,(H,50,57). The Morgan fingerprint density at radius 2 is 1.74 bits per heavy atom. The van der Waals surface area contributed by atoms with E-state index in [-0.39, 0.29) is 49.6 Å². The molecule has 2 N–H and O–H groups in total. The molecule has 2 aromatic carbocycles. The molecule has 1 saturated heterocycles. The molecule has 61 heavy (non-hydrogen) atoms. The van der Waals surface area contributed by atoms with Gasteiger partial charge in [-0.05, 0) is 105 Å². The number of benzene rings is 2. The summed E-state index contributed by atoms with van der Waals surface area (Å²) in [7, 11) is 0. The van der Waals surface area contributed by atoms with E-state index in [0.29, 0.717) is 59.3 Å². The van der Waals surface area contributed by atoms with Gasteiger partial charge in [-0.15, -0.1) is 0 Å². The summed E-state index contributed by atoms with van der Waals surface area (Å²) in [6.45, 7) is 16.1. The SMILES string of the molecule is CC(C)=CCCC1(C)C=C2CC(=O)Oc3c2c(c(CC=C(C)C)c2c3C3=Nc4nc5ccccc5n4C4C5CC6C(C)(C)OC(CC=C(C)C(=O)NCCO)(C5=O)C6(O2)C34)O1. The summed E-state index contributed by atoms with van der Waals surface area (Å²) in [6, 6.07) is 7.46. The van der Waals surface area contributed by atoms with Crippen molar-refractivity contribution >= 4 is 45.9 Å². The van der Waals surface area contributed by atoms with Gasteiger partial charge in [0, 0.05) is 35.9 Å². The molecule has 0 radical (unpaired) electrons. The second-order valence-corrected chi connectivity index (χ2v) is 19.3. The van der Waals surface area contributed by atoms with Gasteiger partial charge < -0.3 is 33.9 Å². The number of Topliss-reactive ketones (excluding diaryl/α,β-unsaturated/α-hetero) is 1. The smallest absolute Gasteiger partial charge is 0.315 e. The zero-order chi connectivity index (χ0) is 43.0. The van der Waals surface area contributed by atoms with E-state index in [0.717, 1.165) is 39.7 Å². The van der Waals surface area contributed by atoms with Gasteiger partial charge in [0.05, 0.1) is 58.5 Å². The summed E-state index contributed by atoms with van der Waals surface area (Å²) in [5, 5.41) is 12.2. The lowest BCUT2D eigenvalue weighted by atomic mass is 9.44. The minimum Gasteiger partial charge on any atom is -0.482 e. The number of esters is 1. The number of carbonyl (C=O) groups excluding carboxylic acids is 3. The van der Waals surface area contributed by atoms with Gasteiger partial charge in [-0.2, -0.15) is 0 Å². The van der Waals surface area contributed by atoms with Crippen LogP contribution < -0.4 is 19.5 Å². The second kappa shape index (κ2) is 13.6. The molecule has 12 heteroatoms. The fraction of sp³-hybridized carbons (Fsp3) is 0.490. The first-order chi connectivity index (χ1) is 29.0. The Hall–Kier alpha value is -5.33. The van der Waals surface area contributed by atoms with E-state index in [4.69, 9.17) is 28.9 Å². The highest BCUT2D eigenvalue weighted by Crippen LogP contribution is 2.74. The first-order valence-corrected chi connectivity index (χ1v) is 21.7. The molecule has 318 valence electrons. The van der Waals surface area contributed by atoms with Gasteiger partial charge in [0.25, 0.3) is 0 Å². The summed E-state index contributed by atoms with van der Waals surface area (Å²) in [5.74, 6) is -0.194. The van der Waals surface area contributed by atoms with Crippen LogP contribution in [0.3, 0.4) is 0 Å². The van der Waals surface area contributed by atoms with Gasteiger partial charge in [-0.3, -0.25) is 14.4 Å². The number of hydrogen-bond donors (Lipinski definition) is 2. The Kier molecular flexibility index (Phi) is 8.86. The number of imidazole rings is 1. The second-order valence-electron chi connectivity index (χ2n) is 19.3. The van der Waals surface area contributed by atoms with Crippen LogP contribution in [0.25, 0.3) is 16.6 Å². The number of nitrogens with one attached hydrogen (secondary N) is 1. The number of amides is 1. The lowest BCUT2D eigenvalue weighted by Gasteiger charge is -2.64. The molecule has 11 rings (SSSR count). The molecule has 6 heterocycles. The zero-order valence-electron chi connectivity index (χ0n) is 36.2. The van der Waals surface area contributed by atoms with E-state index in [1.165, 1.54) is 5.57 Å². The van der Waals surface area contributed by atoms with Crippen molar-refractivity contribution in [2.24, 2.45) is 22.7 Å². The number of allylic oxidation sites excluding steroid dienone is 4. The van der Waals surface area contributed by atoms with Crippen molar-refractivity contribution in [2.45, 2.75) is 122 Å². The highest BCUT2D eigenvalue weighted by atomic mass is 16.6. The van der Waals surface area contributed by atoms with Crippen molar-refractivity contribution in [3.05, 3.63) is 82.0 Å². The number of fused-ring (bicyclic) bond motifs is 6. The summed E-state index contributed by atoms with van der Waals surface area (Å²) in [5.41, 5.74) is 3.58. The van der Waals surface area contributed by atoms with Crippen LogP contribution in [0, 0.1) is 17.8 Å². The maximum Gasteiger partial charge on any atom is 0.315 e. The van der Waals surface area contributed by atoms with Gasteiger partial charge in [-0.1, -0.05) is 41.5 Å². The van der Waals surface area contributed by atoms with Gasteiger partial charge >= 0.3 is 5.97 Å². The minimum atomic E-state index is -1.53. The van der Waals surface area contributed by atoms with Crippen LogP contribution >= 0.6 is 0 Å². The lowest BCUT2D eigenvalue weighted by Crippen LogP contribution is -2.79. The average molecular weight is 827 g/mol. The highest BCUT2D eigenvalue weighted by molar-refractivity contribution is 6.16. The molecule has 4 fully saturated rings. The first kappa shape index (κ1) is 39.8. The molecular weight excluding hydrogens is 773 g/mol. The quantitative estimate of drug-likeness (QED) is 0.0905. The highest BCUT2D eigenvalue weighted by Gasteiger charge is 2.86. The van der Waals surface area contributed by atoms with Gasteiger partial charge in [0.2, 0.25) is 11.9 Å². The molecule has 3 aliphatic carbocycles. The van der Waals surface area contributed by atoms with Crippen LogP contribution in [0.4, 0.5) is 5.95 Å². The van der Waals surface area contributed by atoms with Crippen molar-refractivity contribution in [2.75, 3.05) is 13.2 Å². The molecule has 7 unspecified atom stereocenters. The number of hydrogen-bond acceptors (Lipinski definition) is 10. The normalized spacial score (nSPS) is 30.4. The summed E-state index contributed by atoms with van der Waals surface area (Å²) < 4.78 is 30.9. The van der Waals surface area contributed by atoms with Gasteiger partial charge in [0.15, 0.2) is 22.7 Å². The fourth-order valence-corrected chi connectivity index (χ4v) is 11.9. The first-order valence-electron chi connectivity index (χ1n) is 21.7. The Morgan fingerprint density at radius 3 is 2.49 bits per heavy atom. The molecule has 4 bridgehead atoms. The number of ketones is 1. The van der Waals surface area contributed by atoms with E-state index < -0.39 is 40.3 Å². The molecule has 12 nitrogen and oxygen atoms in total. The number of ether oxygens (including phenoxy) is 4.